The van der Waals surface area contributed by atoms with Gasteiger partial charge in [-0.3, -0.25) is 0 Å². The molecule has 0 aliphatic rings. The van der Waals surface area contributed by atoms with Gasteiger partial charge < -0.3 is 4.90 Å². The van der Waals surface area contributed by atoms with Gasteiger partial charge >= 0.3 is 0 Å². The molecule has 3 heteroatoms. The van der Waals surface area contributed by atoms with Gasteiger partial charge in [0.15, 0.2) is 5.83 Å². The van der Waals surface area contributed by atoms with Gasteiger partial charge in [0.05, 0.1) is 0 Å². The molecule has 0 aliphatic carbocycles. The molecule has 0 saturated heterocycles. The van der Waals surface area contributed by atoms with Crippen molar-refractivity contribution < 1.29 is 8.78 Å². The summed E-state index contributed by atoms with van der Waals surface area (Å²) >= 11 is 0. The van der Waals surface area contributed by atoms with Crippen LogP contribution in [0.3, 0.4) is 0 Å². The minimum Gasteiger partial charge on any atom is -0.302 e. The Labute approximate surface area is 90.8 Å². The van der Waals surface area contributed by atoms with Crippen molar-refractivity contribution in [2.45, 2.75) is 20.3 Å². The number of allylic oxidation sites excluding steroid dienone is 3. The van der Waals surface area contributed by atoms with Crippen LogP contribution in [0.4, 0.5) is 8.78 Å². The van der Waals surface area contributed by atoms with Gasteiger partial charge in [-0.15, -0.1) is 0 Å². The molecule has 0 saturated carbocycles. The van der Waals surface area contributed by atoms with Crippen molar-refractivity contribution >= 4 is 0 Å². The predicted octanol–water partition coefficient (Wildman–Crippen LogP) is 3.61. The highest BCUT2D eigenvalue weighted by molar-refractivity contribution is 5.24. The van der Waals surface area contributed by atoms with E-state index in [0.29, 0.717) is 0 Å². The average Bonchev–Trinajstić information content (AvgIpc) is 2.23. The van der Waals surface area contributed by atoms with E-state index in [9.17, 15) is 8.78 Å². The van der Waals surface area contributed by atoms with Crippen LogP contribution in [0, 0.1) is 0 Å². The van der Waals surface area contributed by atoms with Gasteiger partial charge in [-0.1, -0.05) is 19.1 Å². The number of likely N-dealkylation sites (N-methyl/N-ethyl adjacent to an activating group) is 1. The second-order valence-corrected chi connectivity index (χ2v) is 3.43. The second-order valence-electron chi connectivity index (χ2n) is 3.43. The number of halogens is 2. The third-order valence-electron chi connectivity index (χ3n) is 1.99. The van der Waals surface area contributed by atoms with Crippen molar-refractivity contribution in [3.63, 3.8) is 0 Å². The van der Waals surface area contributed by atoms with E-state index in [1.165, 1.54) is 0 Å². The molecule has 0 bridgehead atoms. The summed E-state index contributed by atoms with van der Waals surface area (Å²) in [5, 5.41) is 0. The molecule has 0 fully saturated rings. The first-order chi connectivity index (χ1) is 7.13. The highest BCUT2D eigenvalue weighted by Gasteiger charge is 1.98. The Bertz CT molecular complexity index is 254. The summed E-state index contributed by atoms with van der Waals surface area (Å²) in [6.07, 6.45) is 5.66. The van der Waals surface area contributed by atoms with E-state index in [4.69, 9.17) is 0 Å². The maximum absolute atomic E-state index is 12.5. The summed E-state index contributed by atoms with van der Waals surface area (Å²) in [5.41, 5.74) is 0.975. The molecule has 0 heterocycles. The van der Waals surface area contributed by atoms with Crippen LogP contribution in [0.5, 0.6) is 0 Å². The lowest BCUT2D eigenvalue weighted by atomic mass is 10.2. The van der Waals surface area contributed by atoms with Gasteiger partial charge in [0.25, 0.3) is 0 Å². The van der Waals surface area contributed by atoms with Gasteiger partial charge in [-0.05, 0) is 38.6 Å². The van der Waals surface area contributed by atoms with Crippen LogP contribution < -0.4 is 0 Å². The molecule has 0 amide bonds. The van der Waals surface area contributed by atoms with Crippen molar-refractivity contribution in [2.75, 3.05) is 20.1 Å². The summed E-state index contributed by atoms with van der Waals surface area (Å²) in [6.45, 7) is 5.73. The first kappa shape index (κ1) is 14.0. The summed E-state index contributed by atoms with van der Waals surface area (Å²) in [5.74, 6) is -0.854. The fourth-order valence-electron chi connectivity index (χ4n) is 1.24. The zero-order valence-corrected chi connectivity index (χ0v) is 9.63. The van der Waals surface area contributed by atoms with Crippen LogP contribution in [0.15, 0.2) is 36.0 Å². The Kier molecular flexibility index (Phi) is 7.82. The zero-order chi connectivity index (χ0) is 11.7. The largest absolute Gasteiger partial charge is 0.302 e. The molecule has 1 nitrogen and oxygen atoms in total. The molecule has 0 aromatic rings. The predicted molar refractivity (Wildman–Crippen MR) is 61.0 cm³/mol. The summed E-state index contributed by atoms with van der Waals surface area (Å²) in [4.78, 5) is 2.14. The fourth-order valence-corrected chi connectivity index (χ4v) is 1.24. The van der Waals surface area contributed by atoms with E-state index in [0.717, 1.165) is 31.2 Å². The number of rotatable bonds is 6. The van der Waals surface area contributed by atoms with E-state index in [1.54, 1.807) is 6.08 Å². The van der Waals surface area contributed by atoms with Gasteiger partial charge in [-0.2, -0.15) is 0 Å². The maximum atomic E-state index is 12.5. The second kappa shape index (κ2) is 8.36. The lowest BCUT2D eigenvalue weighted by Crippen LogP contribution is -2.21. The quantitative estimate of drug-likeness (QED) is 0.612. The molecule has 0 spiro atoms. The van der Waals surface area contributed by atoms with Crippen LogP contribution in [0.1, 0.15) is 20.3 Å². The molecule has 0 aliphatic heterocycles. The Morgan fingerprint density at radius 1 is 1.33 bits per heavy atom. The molecule has 0 radical (unpaired) electrons. The Morgan fingerprint density at radius 3 is 2.47 bits per heavy atom. The minimum atomic E-state index is -0.854. The van der Waals surface area contributed by atoms with Crippen LogP contribution in [-0.2, 0) is 0 Å². The molecule has 0 aromatic heterocycles. The smallest absolute Gasteiger partial charge is 0.151 e. The maximum Gasteiger partial charge on any atom is 0.151 e. The first-order valence-electron chi connectivity index (χ1n) is 5.11. The molecule has 0 aromatic carbocycles. The van der Waals surface area contributed by atoms with Gasteiger partial charge in [0.1, 0.15) is 6.33 Å². The molecule has 0 unspecified atom stereocenters. The molecular formula is C12H19F2N. The van der Waals surface area contributed by atoms with Crippen LogP contribution >= 0.6 is 0 Å². The Balaban J connectivity index is 4.22. The zero-order valence-electron chi connectivity index (χ0n) is 9.63. The molecular weight excluding hydrogens is 196 g/mol. The Hall–Kier alpha value is -0.960. The van der Waals surface area contributed by atoms with Crippen molar-refractivity contribution in [2.24, 2.45) is 0 Å². The molecule has 86 valence electrons. The summed E-state index contributed by atoms with van der Waals surface area (Å²) in [7, 11) is 2.00. The summed E-state index contributed by atoms with van der Waals surface area (Å²) < 4.78 is 24.2. The van der Waals surface area contributed by atoms with E-state index >= 15 is 0 Å². The normalized spacial score (nSPS) is 14.3. The van der Waals surface area contributed by atoms with E-state index in [2.05, 4.69) is 11.8 Å². The molecule has 0 N–H and O–H groups in total. The van der Waals surface area contributed by atoms with E-state index < -0.39 is 5.83 Å². The number of nitrogens with zero attached hydrogens (tertiary/aromatic N) is 1. The van der Waals surface area contributed by atoms with Crippen molar-refractivity contribution in [1.29, 1.82) is 0 Å². The first-order valence-corrected chi connectivity index (χ1v) is 5.11. The van der Waals surface area contributed by atoms with E-state index in [-0.39, 0.29) is 6.33 Å². The van der Waals surface area contributed by atoms with Crippen molar-refractivity contribution in [3.05, 3.63) is 36.0 Å². The lowest BCUT2D eigenvalue weighted by Gasteiger charge is -2.15. The van der Waals surface area contributed by atoms with Crippen molar-refractivity contribution in [3.8, 4) is 0 Å². The Morgan fingerprint density at radius 2 is 2.00 bits per heavy atom. The van der Waals surface area contributed by atoms with Crippen LogP contribution in [-0.4, -0.2) is 25.0 Å². The average molecular weight is 215 g/mol. The summed E-state index contributed by atoms with van der Waals surface area (Å²) in [6, 6.07) is 0. The third-order valence-corrected chi connectivity index (χ3v) is 1.99. The SMILES string of the molecule is C\C=C(/C=C\C(F)=C\F)CN(C)CCC. The monoisotopic (exact) mass is 215 g/mol. The number of hydrogen-bond acceptors (Lipinski definition) is 1. The van der Waals surface area contributed by atoms with Gasteiger partial charge in [-0.25, -0.2) is 8.78 Å². The van der Waals surface area contributed by atoms with Gasteiger partial charge in [0, 0.05) is 6.54 Å². The topological polar surface area (TPSA) is 3.24 Å². The van der Waals surface area contributed by atoms with Crippen LogP contribution in [0.25, 0.3) is 0 Å². The lowest BCUT2D eigenvalue weighted by molar-refractivity contribution is 0.365. The molecule has 0 rings (SSSR count). The standard InChI is InChI=1S/C12H19F2N/c1-4-8-15(3)10-11(5-2)6-7-12(14)9-13/h5-7,9H,4,8,10H2,1-3H3/b7-6-,11-5+,12-9-. The highest BCUT2D eigenvalue weighted by atomic mass is 19.2. The minimum absolute atomic E-state index is 0.0421. The van der Waals surface area contributed by atoms with Gasteiger partial charge in [0.2, 0.25) is 0 Å². The fraction of sp³-hybridized carbons (Fsp3) is 0.500. The van der Waals surface area contributed by atoms with Crippen LogP contribution in [0.2, 0.25) is 0 Å². The number of hydrogen-bond donors (Lipinski definition) is 0. The molecule has 0 atom stereocenters. The van der Waals surface area contributed by atoms with E-state index in [1.807, 2.05) is 20.0 Å². The third kappa shape index (κ3) is 7.03. The van der Waals surface area contributed by atoms with Crippen molar-refractivity contribution in [1.82, 2.24) is 4.90 Å². The highest BCUT2D eigenvalue weighted by Crippen LogP contribution is 2.05. The molecule has 15 heavy (non-hydrogen) atoms.